The van der Waals surface area contributed by atoms with Crippen LogP contribution < -0.4 is 16.0 Å². The Labute approximate surface area is 253 Å². The topological polar surface area (TPSA) is 115 Å². The van der Waals surface area contributed by atoms with Gasteiger partial charge in [0.25, 0.3) is 17.7 Å². The molecule has 3 N–H and O–H groups in total. The second-order valence-corrected chi connectivity index (χ2v) is 10.8. The van der Waals surface area contributed by atoms with E-state index in [1.54, 1.807) is 77.7 Å². The number of nitrogens with zero attached hydrogens (tertiary/aromatic N) is 4. The number of halogens is 2. The third-order valence-corrected chi connectivity index (χ3v) is 7.60. The molecule has 4 aromatic rings. The molecule has 5 rings (SSSR count). The zero-order valence-corrected chi connectivity index (χ0v) is 24.9. The lowest BCUT2D eigenvalue weighted by atomic mass is 10.1. The van der Waals surface area contributed by atoms with Gasteiger partial charge in [-0.05, 0) is 36.4 Å². The smallest absolute Gasteiger partial charge is 0.272 e. The highest BCUT2D eigenvalue weighted by atomic mass is 35.5. The molecule has 0 bridgehead atoms. The average molecular weight is 610 g/mol. The van der Waals surface area contributed by atoms with Crippen LogP contribution in [0.2, 0.25) is 5.02 Å². The van der Waals surface area contributed by atoms with E-state index in [9.17, 15) is 18.8 Å². The number of carbonyl (C=O) groups is 3. The van der Waals surface area contributed by atoms with Crippen LogP contribution in [0.1, 0.15) is 31.5 Å². The Kier molecular flexibility index (Phi) is 9.00. The summed E-state index contributed by atoms with van der Waals surface area (Å²) in [6.07, 6.45) is 5.03. The normalized spacial score (nSPS) is 13.6. The van der Waals surface area contributed by atoms with Crippen molar-refractivity contribution in [3.05, 3.63) is 82.9 Å². The molecule has 1 fully saturated rings. The van der Waals surface area contributed by atoms with Gasteiger partial charge in [-0.1, -0.05) is 11.6 Å². The molecule has 3 amide bonds. The molecule has 11 nitrogen and oxygen atoms in total. The zero-order valence-electron chi connectivity index (χ0n) is 24.1. The molecule has 0 unspecified atom stereocenters. The fraction of sp³-hybridized carbons (Fsp3) is 0.300. The lowest BCUT2D eigenvalue weighted by Gasteiger charge is -2.26. The van der Waals surface area contributed by atoms with Crippen LogP contribution in [0, 0.1) is 5.82 Å². The number of benzene rings is 1. The fourth-order valence-electron chi connectivity index (χ4n) is 5.01. The molecule has 0 saturated carbocycles. The molecule has 1 aliphatic rings. The quantitative estimate of drug-likeness (QED) is 0.268. The lowest BCUT2D eigenvalue weighted by molar-refractivity contribution is 0.0383. The van der Waals surface area contributed by atoms with Gasteiger partial charge in [0.15, 0.2) is 0 Å². The second-order valence-electron chi connectivity index (χ2n) is 10.4. The zero-order chi connectivity index (χ0) is 30.7. The summed E-state index contributed by atoms with van der Waals surface area (Å²) in [5.74, 6) is -1.47. The van der Waals surface area contributed by atoms with Crippen molar-refractivity contribution in [2.24, 2.45) is 21.1 Å². The molecule has 0 spiro atoms. The third kappa shape index (κ3) is 6.99. The van der Waals surface area contributed by atoms with Crippen molar-refractivity contribution in [2.75, 3.05) is 50.0 Å². The van der Waals surface area contributed by atoms with Gasteiger partial charge in [-0.2, -0.15) is 0 Å². The van der Waals surface area contributed by atoms with E-state index < -0.39 is 17.6 Å². The second kappa shape index (κ2) is 12.9. The van der Waals surface area contributed by atoms with Crippen LogP contribution in [-0.2, 0) is 25.9 Å². The van der Waals surface area contributed by atoms with E-state index in [1.165, 1.54) is 12.1 Å². The first-order chi connectivity index (χ1) is 20.6. The largest absolute Gasteiger partial charge is 0.379 e. The summed E-state index contributed by atoms with van der Waals surface area (Å²) in [6.45, 7) is 4.34. The molecule has 3 aromatic heterocycles. The molecule has 1 aliphatic heterocycles. The summed E-state index contributed by atoms with van der Waals surface area (Å²) in [6, 6.07) is 8.94. The average Bonchev–Trinajstić information content (AvgIpc) is 3.65. The molecule has 0 radical (unpaired) electrons. The number of hydrogen-bond donors (Lipinski definition) is 3. The van der Waals surface area contributed by atoms with Gasteiger partial charge >= 0.3 is 0 Å². The van der Waals surface area contributed by atoms with Crippen molar-refractivity contribution in [1.29, 1.82) is 0 Å². The summed E-state index contributed by atoms with van der Waals surface area (Å²) >= 11 is 6.20. The number of aryl methyl sites for hydroxylation is 3. The summed E-state index contributed by atoms with van der Waals surface area (Å²) in [7, 11) is 5.15. The minimum Gasteiger partial charge on any atom is -0.379 e. The number of anilines is 2. The van der Waals surface area contributed by atoms with E-state index >= 15 is 0 Å². The van der Waals surface area contributed by atoms with Crippen LogP contribution in [0.15, 0.2) is 55.0 Å². The minimum absolute atomic E-state index is 0.231. The number of rotatable bonds is 9. The Hall–Kier alpha value is -4.39. The van der Waals surface area contributed by atoms with Crippen molar-refractivity contribution in [3.63, 3.8) is 0 Å². The van der Waals surface area contributed by atoms with Crippen molar-refractivity contribution >= 4 is 40.7 Å². The van der Waals surface area contributed by atoms with E-state index in [4.69, 9.17) is 16.3 Å². The highest BCUT2D eigenvalue weighted by molar-refractivity contribution is 6.33. The Balaban J connectivity index is 1.20. The number of nitrogens with one attached hydrogen (secondary N) is 3. The van der Waals surface area contributed by atoms with Gasteiger partial charge in [0, 0.05) is 77.0 Å². The minimum atomic E-state index is -0.445. The van der Waals surface area contributed by atoms with Gasteiger partial charge in [-0.15, -0.1) is 0 Å². The number of aromatic nitrogens is 3. The molecular weight excluding hydrogens is 577 g/mol. The van der Waals surface area contributed by atoms with Gasteiger partial charge in [0.05, 0.1) is 29.6 Å². The third-order valence-electron chi connectivity index (χ3n) is 7.29. The van der Waals surface area contributed by atoms with Crippen LogP contribution in [0.5, 0.6) is 0 Å². The first-order valence-electron chi connectivity index (χ1n) is 13.7. The molecule has 0 aliphatic carbocycles. The molecular formula is C30H33ClFN7O4. The summed E-state index contributed by atoms with van der Waals surface area (Å²) in [5.41, 5.74) is 3.24. The van der Waals surface area contributed by atoms with Gasteiger partial charge in [0.1, 0.15) is 22.9 Å². The van der Waals surface area contributed by atoms with Crippen molar-refractivity contribution < 1.29 is 23.5 Å². The van der Waals surface area contributed by atoms with Crippen LogP contribution >= 0.6 is 11.6 Å². The standard InChI is InChI=1S/C30H33ClFN7O4/c1-36-16-19(23-5-4-20(32)13-24(23)31)12-25(36)29(41)34-22-15-27(38(3)18-22)30(42)35-21-14-26(37(2)17-21)28(40)33-6-7-39-8-10-43-11-9-39/h4-5,12-18H,6-11H2,1-3H3,(H,33,40)(H,34,41)(H,35,42). The van der Waals surface area contributed by atoms with E-state index in [2.05, 4.69) is 20.9 Å². The molecule has 0 atom stereocenters. The number of morpholine rings is 1. The fourth-order valence-corrected chi connectivity index (χ4v) is 5.29. The van der Waals surface area contributed by atoms with Gasteiger partial charge in [-0.3, -0.25) is 19.3 Å². The predicted octanol–water partition coefficient (Wildman–Crippen LogP) is 3.73. The van der Waals surface area contributed by atoms with Gasteiger partial charge in [0.2, 0.25) is 0 Å². The van der Waals surface area contributed by atoms with E-state index in [-0.39, 0.29) is 10.9 Å². The van der Waals surface area contributed by atoms with E-state index in [1.807, 2.05) is 0 Å². The van der Waals surface area contributed by atoms with Crippen molar-refractivity contribution in [2.45, 2.75) is 0 Å². The summed E-state index contributed by atoms with van der Waals surface area (Å²) in [4.78, 5) is 41.2. The molecule has 226 valence electrons. The Morgan fingerprint density at radius 2 is 1.37 bits per heavy atom. The maximum absolute atomic E-state index is 13.5. The number of ether oxygens (including phenoxy) is 1. The van der Waals surface area contributed by atoms with E-state index in [0.717, 1.165) is 19.6 Å². The molecule has 13 heteroatoms. The molecule has 43 heavy (non-hydrogen) atoms. The lowest BCUT2D eigenvalue weighted by Crippen LogP contribution is -2.41. The highest BCUT2D eigenvalue weighted by Gasteiger charge is 2.19. The SMILES string of the molecule is Cn1cc(NC(=O)c2cc(NC(=O)c3cc(-c4ccc(F)cc4Cl)cn3C)cn2C)cc1C(=O)NCCN1CCOCC1. The molecule has 1 saturated heterocycles. The maximum atomic E-state index is 13.5. The Morgan fingerprint density at radius 3 is 1.98 bits per heavy atom. The summed E-state index contributed by atoms with van der Waals surface area (Å²) in [5, 5.41) is 8.81. The van der Waals surface area contributed by atoms with Crippen molar-refractivity contribution in [3.8, 4) is 11.1 Å². The van der Waals surface area contributed by atoms with Gasteiger partial charge in [-0.25, -0.2) is 4.39 Å². The number of amides is 3. The highest BCUT2D eigenvalue weighted by Crippen LogP contribution is 2.30. The first-order valence-corrected chi connectivity index (χ1v) is 14.1. The maximum Gasteiger partial charge on any atom is 0.272 e. The predicted molar refractivity (Wildman–Crippen MR) is 162 cm³/mol. The number of carbonyl (C=O) groups excluding carboxylic acids is 3. The van der Waals surface area contributed by atoms with Crippen LogP contribution in [-0.4, -0.2) is 75.7 Å². The Bertz CT molecular complexity index is 1670. The van der Waals surface area contributed by atoms with Crippen LogP contribution in [0.3, 0.4) is 0 Å². The molecule has 4 heterocycles. The monoisotopic (exact) mass is 609 g/mol. The Morgan fingerprint density at radius 1 is 0.814 bits per heavy atom. The first kappa shape index (κ1) is 30.1. The number of hydrogen-bond acceptors (Lipinski definition) is 5. The van der Waals surface area contributed by atoms with Crippen LogP contribution in [0.25, 0.3) is 11.1 Å². The van der Waals surface area contributed by atoms with Gasteiger partial charge < -0.3 is 34.4 Å². The van der Waals surface area contributed by atoms with E-state index in [0.29, 0.717) is 59.3 Å². The van der Waals surface area contributed by atoms with Crippen LogP contribution in [0.4, 0.5) is 15.8 Å². The molecule has 1 aromatic carbocycles. The van der Waals surface area contributed by atoms with Crippen molar-refractivity contribution in [1.82, 2.24) is 23.9 Å². The summed E-state index contributed by atoms with van der Waals surface area (Å²) < 4.78 is 23.7.